The van der Waals surface area contributed by atoms with Gasteiger partial charge in [0.25, 0.3) is 5.91 Å². The number of benzene rings is 2. The molecule has 192 valence electrons. The number of likely N-dealkylation sites (tertiary alicyclic amines) is 1. The Labute approximate surface area is 213 Å². The topological polar surface area (TPSA) is 83.3 Å². The number of unbranched alkanes of at least 4 members (excludes halogenated alkanes) is 1. The molecule has 2 aliphatic heterocycles. The molecule has 2 aromatic rings. The van der Waals surface area contributed by atoms with Gasteiger partial charge >= 0.3 is 0 Å². The highest BCUT2D eigenvalue weighted by molar-refractivity contribution is 6.46. The summed E-state index contributed by atoms with van der Waals surface area (Å²) in [6.45, 7) is 9.32. The molecule has 0 aliphatic carbocycles. The number of ether oxygens (including phenoxy) is 2. The first-order valence-electron chi connectivity index (χ1n) is 13.0. The van der Waals surface area contributed by atoms with Crippen LogP contribution in [0.4, 0.5) is 0 Å². The Morgan fingerprint density at radius 2 is 1.86 bits per heavy atom. The van der Waals surface area contributed by atoms with Crippen molar-refractivity contribution in [2.45, 2.75) is 39.2 Å². The van der Waals surface area contributed by atoms with E-state index in [0.717, 1.165) is 69.0 Å². The first-order valence-corrected chi connectivity index (χ1v) is 13.0. The van der Waals surface area contributed by atoms with Gasteiger partial charge in [-0.1, -0.05) is 55.5 Å². The smallest absolute Gasteiger partial charge is 0.295 e. The molecule has 1 atom stereocenters. The van der Waals surface area contributed by atoms with E-state index in [1.165, 1.54) is 4.90 Å². The Kier molecular flexibility index (Phi) is 8.78. The SMILES string of the molecule is CCCCOc1ccc(/C([O-])=C2\C(=O)C(=O)N(CCC[NH+]3CCOCC3)C2c2ccccc2)cc1C. The van der Waals surface area contributed by atoms with Gasteiger partial charge in [0, 0.05) is 18.5 Å². The van der Waals surface area contributed by atoms with Crippen molar-refractivity contribution in [3.05, 3.63) is 70.8 Å². The predicted octanol–water partition coefficient (Wildman–Crippen LogP) is 1.70. The van der Waals surface area contributed by atoms with Gasteiger partial charge in [0.15, 0.2) is 0 Å². The molecule has 1 amide bonds. The third-order valence-electron chi connectivity index (χ3n) is 6.97. The molecule has 7 heteroatoms. The van der Waals surface area contributed by atoms with E-state index in [0.29, 0.717) is 18.7 Å². The molecule has 1 N–H and O–H groups in total. The van der Waals surface area contributed by atoms with E-state index in [9.17, 15) is 14.7 Å². The molecule has 0 aromatic heterocycles. The lowest BCUT2D eigenvalue weighted by molar-refractivity contribution is -0.908. The molecule has 4 rings (SSSR count). The Morgan fingerprint density at radius 3 is 2.56 bits per heavy atom. The van der Waals surface area contributed by atoms with Crippen LogP contribution in [0.5, 0.6) is 5.75 Å². The zero-order valence-electron chi connectivity index (χ0n) is 21.3. The number of aryl methyl sites for hydroxylation is 1. The summed E-state index contributed by atoms with van der Waals surface area (Å²) in [6.07, 6.45) is 2.74. The second-order valence-corrected chi connectivity index (χ2v) is 9.53. The number of quaternary nitrogens is 1. The summed E-state index contributed by atoms with van der Waals surface area (Å²) in [5.41, 5.74) is 2.03. The molecule has 0 bridgehead atoms. The lowest BCUT2D eigenvalue weighted by Gasteiger charge is -2.29. The fourth-order valence-electron chi connectivity index (χ4n) is 4.93. The summed E-state index contributed by atoms with van der Waals surface area (Å²) >= 11 is 0. The molecule has 2 aliphatic rings. The average Bonchev–Trinajstić information content (AvgIpc) is 3.15. The number of hydrogen-bond donors (Lipinski definition) is 1. The number of hydrogen-bond acceptors (Lipinski definition) is 5. The van der Waals surface area contributed by atoms with E-state index in [2.05, 4.69) is 6.92 Å². The number of amides is 1. The van der Waals surface area contributed by atoms with Crippen LogP contribution in [0.2, 0.25) is 0 Å². The van der Waals surface area contributed by atoms with Crippen LogP contribution in [0.25, 0.3) is 5.76 Å². The second-order valence-electron chi connectivity index (χ2n) is 9.53. The quantitative estimate of drug-likeness (QED) is 0.236. The number of nitrogens with zero attached hydrogens (tertiary/aromatic N) is 1. The Hall–Kier alpha value is -3.16. The number of nitrogens with one attached hydrogen (secondary N) is 1. The van der Waals surface area contributed by atoms with E-state index in [-0.39, 0.29) is 5.57 Å². The molecule has 0 saturated carbocycles. The summed E-state index contributed by atoms with van der Waals surface area (Å²) in [6, 6.07) is 13.9. The van der Waals surface area contributed by atoms with Gasteiger partial charge in [-0.25, -0.2) is 0 Å². The molecule has 2 fully saturated rings. The van der Waals surface area contributed by atoms with Crippen LogP contribution in [0.3, 0.4) is 0 Å². The first kappa shape index (κ1) is 25.9. The van der Waals surface area contributed by atoms with Crippen LogP contribution >= 0.6 is 0 Å². The largest absolute Gasteiger partial charge is 0.872 e. The van der Waals surface area contributed by atoms with Crippen molar-refractivity contribution in [1.82, 2.24) is 4.90 Å². The minimum Gasteiger partial charge on any atom is -0.872 e. The van der Waals surface area contributed by atoms with Gasteiger partial charge in [-0.15, -0.1) is 0 Å². The minimum absolute atomic E-state index is 0.0315. The maximum atomic E-state index is 13.7. The fourth-order valence-corrected chi connectivity index (χ4v) is 4.93. The minimum atomic E-state index is -0.700. The molecule has 2 aromatic carbocycles. The third kappa shape index (κ3) is 5.79. The second kappa shape index (κ2) is 12.2. The summed E-state index contributed by atoms with van der Waals surface area (Å²) in [5, 5.41) is 13.7. The maximum absolute atomic E-state index is 13.7. The number of carbonyl (C=O) groups excluding carboxylic acids is 2. The van der Waals surface area contributed by atoms with Crippen molar-refractivity contribution in [2.75, 3.05) is 46.0 Å². The van der Waals surface area contributed by atoms with E-state index >= 15 is 0 Å². The zero-order valence-corrected chi connectivity index (χ0v) is 21.3. The van der Waals surface area contributed by atoms with E-state index < -0.39 is 23.5 Å². The molecule has 0 spiro atoms. The van der Waals surface area contributed by atoms with Gasteiger partial charge in [0.2, 0.25) is 5.78 Å². The predicted molar refractivity (Wildman–Crippen MR) is 135 cm³/mol. The van der Waals surface area contributed by atoms with Crippen LogP contribution < -0.4 is 14.7 Å². The zero-order chi connectivity index (χ0) is 25.5. The van der Waals surface area contributed by atoms with Gasteiger partial charge < -0.3 is 24.4 Å². The van der Waals surface area contributed by atoms with Crippen LogP contribution in [-0.4, -0.2) is 62.6 Å². The summed E-state index contributed by atoms with van der Waals surface area (Å²) in [5.74, 6) is -0.966. The van der Waals surface area contributed by atoms with Crippen LogP contribution in [0.15, 0.2) is 54.1 Å². The summed E-state index contributed by atoms with van der Waals surface area (Å²) in [7, 11) is 0. The molecule has 0 radical (unpaired) electrons. The van der Waals surface area contributed by atoms with E-state index in [4.69, 9.17) is 9.47 Å². The van der Waals surface area contributed by atoms with Crippen LogP contribution in [0.1, 0.15) is 48.9 Å². The van der Waals surface area contributed by atoms with Gasteiger partial charge in [-0.05, 0) is 42.2 Å². The van der Waals surface area contributed by atoms with Crippen LogP contribution in [-0.2, 0) is 14.3 Å². The lowest BCUT2D eigenvalue weighted by Crippen LogP contribution is -3.14. The van der Waals surface area contributed by atoms with Crippen molar-refractivity contribution in [2.24, 2.45) is 0 Å². The van der Waals surface area contributed by atoms with Gasteiger partial charge in [-0.2, -0.15) is 0 Å². The van der Waals surface area contributed by atoms with Crippen molar-refractivity contribution < 1.29 is 29.1 Å². The number of carbonyl (C=O) groups is 2. The molecular weight excluding hydrogens is 456 g/mol. The average molecular weight is 493 g/mol. The molecule has 36 heavy (non-hydrogen) atoms. The number of morpholine rings is 1. The monoisotopic (exact) mass is 492 g/mol. The maximum Gasteiger partial charge on any atom is 0.295 e. The molecular formula is C29H36N2O5. The first-order chi connectivity index (χ1) is 17.5. The summed E-state index contributed by atoms with van der Waals surface area (Å²) < 4.78 is 11.2. The highest BCUT2D eigenvalue weighted by Crippen LogP contribution is 2.39. The summed E-state index contributed by atoms with van der Waals surface area (Å²) in [4.78, 5) is 29.4. The molecule has 2 saturated heterocycles. The molecule has 2 heterocycles. The Morgan fingerprint density at radius 1 is 1.11 bits per heavy atom. The number of Topliss-reactive ketones (excluding diaryl/α,β-unsaturated/α-hetero) is 1. The van der Waals surface area contributed by atoms with Gasteiger partial charge in [0.05, 0.1) is 32.4 Å². The normalized spacial score (nSPS) is 20.2. The number of rotatable bonds is 10. The highest BCUT2D eigenvalue weighted by atomic mass is 16.5. The third-order valence-corrected chi connectivity index (χ3v) is 6.97. The van der Waals surface area contributed by atoms with E-state index in [1.54, 1.807) is 23.1 Å². The van der Waals surface area contributed by atoms with Crippen molar-refractivity contribution in [1.29, 1.82) is 0 Å². The standard InChI is InChI=1S/C29H36N2O5/c1-3-4-17-36-24-12-11-23(20-21(24)2)27(32)25-26(22-9-6-5-7-10-22)31(29(34)28(25)33)14-8-13-30-15-18-35-19-16-30/h5-7,9-12,20,26,32H,3-4,8,13-19H2,1-2H3/b27-25+. The van der Waals surface area contributed by atoms with Crippen molar-refractivity contribution in [3.63, 3.8) is 0 Å². The Balaban J connectivity index is 1.62. The van der Waals surface area contributed by atoms with Gasteiger partial charge in [0.1, 0.15) is 18.8 Å². The molecule has 7 nitrogen and oxygen atoms in total. The highest BCUT2D eigenvalue weighted by Gasteiger charge is 2.44. The van der Waals surface area contributed by atoms with Crippen LogP contribution in [0, 0.1) is 6.92 Å². The lowest BCUT2D eigenvalue weighted by atomic mass is 9.95. The fraction of sp³-hybridized carbons (Fsp3) is 0.448. The van der Waals surface area contributed by atoms with Crippen molar-refractivity contribution in [3.8, 4) is 5.75 Å². The van der Waals surface area contributed by atoms with Gasteiger partial charge in [-0.3, -0.25) is 9.59 Å². The molecule has 1 unspecified atom stereocenters. The number of ketones is 1. The Bertz CT molecular complexity index is 1090. The van der Waals surface area contributed by atoms with Crippen molar-refractivity contribution >= 4 is 17.4 Å². The van der Waals surface area contributed by atoms with E-state index in [1.807, 2.05) is 37.3 Å².